The van der Waals surface area contributed by atoms with Crippen LogP contribution in [0, 0.1) is 17.8 Å². The maximum Gasteiger partial charge on any atom is 0.222 e. The van der Waals surface area contributed by atoms with E-state index in [9.17, 15) is 14.4 Å². The van der Waals surface area contributed by atoms with Crippen molar-refractivity contribution in [3.8, 4) is 0 Å². The second-order valence-corrected chi connectivity index (χ2v) is 9.78. The lowest BCUT2D eigenvalue weighted by molar-refractivity contribution is -0.127. The maximum absolute atomic E-state index is 12.2. The fourth-order valence-electron chi connectivity index (χ4n) is 4.52. The Morgan fingerprint density at radius 3 is 1.97 bits per heavy atom. The van der Waals surface area contributed by atoms with Crippen molar-refractivity contribution < 1.29 is 22.0 Å². The molecule has 2 fully saturated rings. The van der Waals surface area contributed by atoms with Crippen LogP contribution < -0.4 is 10.6 Å². The Hall–Kier alpha value is -1.43. The molecule has 2 N–H and O–H groups in total. The number of hydrogen-bond acceptors (Lipinski definition) is 4. The number of carbonyl (C=O) groups is 3. The predicted molar refractivity (Wildman–Crippen MR) is 122 cm³/mol. The number of carbonyl (C=O) groups excluding carboxylic acids is 3. The summed E-state index contributed by atoms with van der Waals surface area (Å²) < 4.78 is 5.96. The molecule has 176 valence electrons. The third kappa shape index (κ3) is 8.37. The van der Waals surface area contributed by atoms with Crippen LogP contribution in [0.3, 0.4) is 0 Å². The standard InChI is InChI=1S/C24H42N2O4.2H2/c1-16(2)23(28)18-7-9-19(10-8-18)25-22(27)6-5-15-30-21-13-11-20(12-14-21)26-24(29)17(3)4;;/h16-21H,5-15H2,1-4H3,(H,25,27)(H,26,29);2*1H. The summed E-state index contributed by atoms with van der Waals surface area (Å²) in [4.78, 5) is 36.1. The topological polar surface area (TPSA) is 84.5 Å². The van der Waals surface area contributed by atoms with Gasteiger partial charge in [0.25, 0.3) is 0 Å². The minimum absolute atomic E-state index is 0. The van der Waals surface area contributed by atoms with E-state index in [0.717, 1.165) is 57.8 Å². The fraction of sp³-hybridized carbons (Fsp3) is 0.875. The Morgan fingerprint density at radius 1 is 0.833 bits per heavy atom. The normalized spacial score (nSPS) is 27.1. The van der Waals surface area contributed by atoms with Gasteiger partial charge in [-0.1, -0.05) is 27.7 Å². The first-order chi connectivity index (χ1) is 14.3. The number of nitrogens with one attached hydrogen (secondary N) is 2. The predicted octanol–water partition coefficient (Wildman–Crippen LogP) is 4.26. The number of amides is 2. The summed E-state index contributed by atoms with van der Waals surface area (Å²) in [6, 6.07) is 0.488. The van der Waals surface area contributed by atoms with Crippen LogP contribution in [0.2, 0.25) is 0 Å². The number of ketones is 1. The van der Waals surface area contributed by atoms with Gasteiger partial charge in [0.15, 0.2) is 0 Å². The Kier molecular flexibility index (Phi) is 10.3. The molecule has 2 amide bonds. The van der Waals surface area contributed by atoms with Crippen LogP contribution in [0.15, 0.2) is 0 Å². The summed E-state index contributed by atoms with van der Waals surface area (Å²) >= 11 is 0. The maximum atomic E-state index is 12.2. The van der Waals surface area contributed by atoms with Crippen molar-refractivity contribution in [2.24, 2.45) is 17.8 Å². The Bertz CT molecular complexity index is 570. The molecule has 0 heterocycles. The average molecular weight is 427 g/mol. The van der Waals surface area contributed by atoms with Crippen molar-refractivity contribution in [2.75, 3.05) is 6.61 Å². The first-order valence-electron chi connectivity index (χ1n) is 12.0. The molecule has 0 bridgehead atoms. The quantitative estimate of drug-likeness (QED) is 0.511. The highest BCUT2D eigenvalue weighted by Gasteiger charge is 2.28. The van der Waals surface area contributed by atoms with Crippen molar-refractivity contribution in [1.29, 1.82) is 0 Å². The van der Waals surface area contributed by atoms with Gasteiger partial charge in [-0.05, 0) is 57.8 Å². The first kappa shape index (κ1) is 24.8. The molecule has 0 unspecified atom stereocenters. The van der Waals surface area contributed by atoms with Crippen LogP contribution in [-0.2, 0) is 19.1 Å². The van der Waals surface area contributed by atoms with E-state index in [1.165, 1.54) is 0 Å². The second-order valence-electron chi connectivity index (χ2n) is 9.78. The molecule has 2 saturated carbocycles. The lowest BCUT2D eigenvalue weighted by atomic mass is 9.80. The minimum atomic E-state index is 0. The van der Waals surface area contributed by atoms with Crippen LogP contribution >= 0.6 is 0 Å². The smallest absolute Gasteiger partial charge is 0.222 e. The molecule has 30 heavy (non-hydrogen) atoms. The van der Waals surface area contributed by atoms with Gasteiger partial charge in [0.05, 0.1) is 6.10 Å². The van der Waals surface area contributed by atoms with E-state index in [2.05, 4.69) is 10.6 Å². The summed E-state index contributed by atoms with van der Waals surface area (Å²) in [7, 11) is 0. The second kappa shape index (κ2) is 12.4. The fourth-order valence-corrected chi connectivity index (χ4v) is 4.52. The van der Waals surface area contributed by atoms with E-state index in [-0.39, 0.29) is 50.6 Å². The third-order valence-corrected chi connectivity index (χ3v) is 6.51. The van der Waals surface area contributed by atoms with Gasteiger partial charge < -0.3 is 15.4 Å². The van der Waals surface area contributed by atoms with Crippen LogP contribution in [0.4, 0.5) is 0 Å². The number of ether oxygens (including phenoxy) is 1. The summed E-state index contributed by atoms with van der Waals surface area (Å²) in [6.07, 6.45) is 8.93. The average Bonchev–Trinajstić information content (AvgIpc) is 2.72. The molecule has 6 nitrogen and oxygen atoms in total. The van der Waals surface area contributed by atoms with Crippen LogP contribution in [0.1, 0.15) is 94.8 Å². The van der Waals surface area contributed by atoms with E-state index in [0.29, 0.717) is 18.8 Å². The lowest BCUT2D eigenvalue weighted by Gasteiger charge is -2.30. The highest BCUT2D eigenvalue weighted by molar-refractivity contribution is 5.83. The molecule has 0 aromatic carbocycles. The summed E-state index contributed by atoms with van der Waals surface area (Å²) in [5, 5.41) is 6.24. The molecule has 0 aromatic heterocycles. The molecule has 0 radical (unpaired) electrons. The third-order valence-electron chi connectivity index (χ3n) is 6.51. The highest BCUT2D eigenvalue weighted by atomic mass is 16.5. The zero-order valence-corrected chi connectivity index (χ0v) is 19.4. The zero-order valence-electron chi connectivity index (χ0n) is 19.4. The Labute approximate surface area is 185 Å². The van der Waals surface area contributed by atoms with Gasteiger partial charge >= 0.3 is 0 Å². The Balaban J connectivity index is 0.00000480. The lowest BCUT2D eigenvalue weighted by Crippen LogP contribution is -2.41. The van der Waals surface area contributed by atoms with Crippen molar-refractivity contribution in [1.82, 2.24) is 10.6 Å². The highest BCUT2D eigenvalue weighted by Crippen LogP contribution is 2.27. The van der Waals surface area contributed by atoms with Gasteiger partial charge in [0.1, 0.15) is 5.78 Å². The van der Waals surface area contributed by atoms with Crippen LogP contribution in [-0.4, -0.2) is 42.4 Å². The van der Waals surface area contributed by atoms with Crippen LogP contribution in [0.5, 0.6) is 0 Å². The van der Waals surface area contributed by atoms with E-state index in [4.69, 9.17) is 4.74 Å². The van der Waals surface area contributed by atoms with Gasteiger partial charge in [0, 0.05) is 45.7 Å². The molecule has 0 aromatic rings. The number of rotatable bonds is 10. The number of hydrogen-bond donors (Lipinski definition) is 2. The zero-order chi connectivity index (χ0) is 22.1. The van der Waals surface area contributed by atoms with Crippen molar-refractivity contribution >= 4 is 17.6 Å². The van der Waals surface area contributed by atoms with Gasteiger partial charge in [0.2, 0.25) is 11.8 Å². The summed E-state index contributed by atoms with van der Waals surface area (Å²) in [5.74, 6) is 0.911. The van der Waals surface area contributed by atoms with Gasteiger partial charge in [-0.3, -0.25) is 14.4 Å². The van der Waals surface area contributed by atoms with Crippen molar-refractivity contribution in [3.63, 3.8) is 0 Å². The molecule has 6 heteroatoms. The van der Waals surface area contributed by atoms with Gasteiger partial charge in [-0.15, -0.1) is 0 Å². The first-order valence-corrected chi connectivity index (χ1v) is 12.0. The summed E-state index contributed by atoms with van der Waals surface area (Å²) in [6.45, 7) is 8.37. The van der Waals surface area contributed by atoms with Gasteiger partial charge in [-0.25, -0.2) is 0 Å². The molecule has 2 rings (SSSR count). The van der Waals surface area contributed by atoms with Gasteiger partial charge in [-0.2, -0.15) is 0 Å². The molecular formula is C24H46N2O4. The Morgan fingerprint density at radius 2 is 1.40 bits per heavy atom. The molecule has 2 aliphatic carbocycles. The molecule has 0 spiro atoms. The molecular weight excluding hydrogens is 380 g/mol. The van der Waals surface area contributed by atoms with E-state index in [1.807, 2.05) is 27.7 Å². The van der Waals surface area contributed by atoms with E-state index in [1.54, 1.807) is 0 Å². The molecule has 0 aliphatic heterocycles. The SMILES string of the molecule is CC(C)C(=O)NC1CCC(OCCCC(=O)NC2CCC(C(=O)C(C)C)CC2)CC1.[HH].[HH]. The van der Waals surface area contributed by atoms with Crippen molar-refractivity contribution in [3.05, 3.63) is 0 Å². The summed E-state index contributed by atoms with van der Waals surface area (Å²) in [5.41, 5.74) is 0. The number of Topliss-reactive ketones (excluding diaryl/α,β-unsaturated/α-hetero) is 1. The van der Waals surface area contributed by atoms with Crippen LogP contribution in [0.25, 0.3) is 0 Å². The molecule has 2 aliphatic rings. The monoisotopic (exact) mass is 426 g/mol. The molecule has 0 saturated heterocycles. The largest absolute Gasteiger partial charge is 0.378 e. The van der Waals surface area contributed by atoms with E-state index >= 15 is 0 Å². The van der Waals surface area contributed by atoms with Crippen molar-refractivity contribution in [2.45, 2.75) is 110 Å². The minimum Gasteiger partial charge on any atom is -0.378 e. The van der Waals surface area contributed by atoms with E-state index < -0.39 is 0 Å². The molecule has 0 atom stereocenters.